The molecule has 2 N–H and O–H groups in total. The molecule has 1 saturated heterocycles. The number of benzene rings is 2. The normalized spacial score (nSPS) is 16.6. The molecule has 2 aliphatic rings. The predicted molar refractivity (Wildman–Crippen MR) is 132 cm³/mol. The van der Waals surface area contributed by atoms with Gasteiger partial charge in [-0.05, 0) is 41.5 Å². The first-order chi connectivity index (χ1) is 16.9. The van der Waals surface area contributed by atoms with E-state index >= 15 is 0 Å². The summed E-state index contributed by atoms with van der Waals surface area (Å²) in [6, 6.07) is 16.3. The lowest BCUT2D eigenvalue weighted by molar-refractivity contribution is -0.138. The number of ether oxygens (including phenoxy) is 1. The van der Waals surface area contributed by atoms with Gasteiger partial charge in [0.2, 0.25) is 0 Å². The van der Waals surface area contributed by atoms with Crippen LogP contribution in [-0.4, -0.2) is 52.7 Å². The highest BCUT2D eigenvalue weighted by atomic mass is 32.1. The zero-order valence-corrected chi connectivity index (χ0v) is 20.0. The van der Waals surface area contributed by atoms with Crippen molar-refractivity contribution in [1.82, 2.24) is 9.88 Å². The number of fused-ring (bicyclic) bond motifs is 3. The molecule has 1 aliphatic carbocycles. The Morgan fingerprint density at radius 3 is 2.43 bits per heavy atom. The fourth-order valence-electron chi connectivity index (χ4n) is 4.94. The van der Waals surface area contributed by atoms with Crippen molar-refractivity contribution in [3.63, 3.8) is 0 Å². The Balaban J connectivity index is 1.21. The Labute approximate surface area is 206 Å². The Hall–Kier alpha value is -3.72. The van der Waals surface area contributed by atoms with Gasteiger partial charge in [0.25, 0.3) is 5.91 Å². The molecule has 0 bridgehead atoms. The summed E-state index contributed by atoms with van der Waals surface area (Å²) < 4.78 is 5.57. The third kappa shape index (κ3) is 4.64. The number of anilines is 1. The lowest BCUT2D eigenvalue weighted by Gasteiger charge is -2.15. The molecule has 2 amide bonds. The number of likely N-dealkylation sites (tertiary alicyclic amines) is 1. The molecular weight excluding hydrogens is 466 g/mol. The summed E-state index contributed by atoms with van der Waals surface area (Å²) in [4.78, 5) is 42.9. The van der Waals surface area contributed by atoms with Crippen LogP contribution in [0.2, 0.25) is 0 Å². The van der Waals surface area contributed by atoms with E-state index in [9.17, 15) is 14.4 Å². The van der Waals surface area contributed by atoms with Crippen LogP contribution in [0.5, 0.6) is 0 Å². The molecule has 1 unspecified atom stereocenters. The number of carbonyl (C=O) groups excluding carboxylic acids is 2. The van der Waals surface area contributed by atoms with Crippen LogP contribution in [0, 0.1) is 12.8 Å². The van der Waals surface area contributed by atoms with Gasteiger partial charge in [-0.2, -0.15) is 0 Å². The number of hydrogen-bond donors (Lipinski definition) is 2. The van der Waals surface area contributed by atoms with Crippen LogP contribution in [0.25, 0.3) is 11.1 Å². The summed E-state index contributed by atoms with van der Waals surface area (Å²) >= 11 is 1.10. The molecule has 0 radical (unpaired) electrons. The zero-order valence-electron chi connectivity index (χ0n) is 19.2. The van der Waals surface area contributed by atoms with Gasteiger partial charge >= 0.3 is 12.1 Å². The number of nitrogens with one attached hydrogen (secondary N) is 1. The third-order valence-corrected chi connectivity index (χ3v) is 7.64. The maximum absolute atomic E-state index is 12.9. The maximum Gasteiger partial charge on any atom is 0.413 e. The van der Waals surface area contributed by atoms with Gasteiger partial charge in [-0.1, -0.05) is 59.9 Å². The molecule has 1 aromatic heterocycles. The van der Waals surface area contributed by atoms with Crippen molar-refractivity contribution in [3.8, 4) is 11.1 Å². The number of amides is 2. The molecule has 180 valence electrons. The third-order valence-electron chi connectivity index (χ3n) is 6.58. The largest absolute Gasteiger partial charge is 0.481 e. The molecular formula is C26H25N3O5S. The molecule has 9 heteroatoms. The van der Waals surface area contributed by atoms with Crippen LogP contribution < -0.4 is 5.32 Å². The van der Waals surface area contributed by atoms with Crippen molar-refractivity contribution in [2.75, 3.05) is 25.0 Å². The second kappa shape index (κ2) is 9.50. The van der Waals surface area contributed by atoms with Gasteiger partial charge < -0.3 is 14.7 Å². The van der Waals surface area contributed by atoms with Crippen molar-refractivity contribution in [1.29, 1.82) is 0 Å². The van der Waals surface area contributed by atoms with Gasteiger partial charge in [0.15, 0.2) is 5.13 Å². The van der Waals surface area contributed by atoms with Crippen molar-refractivity contribution in [2.24, 2.45) is 5.92 Å². The van der Waals surface area contributed by atoms with Crippen molar-refractivity contribution >= 4 is 34.4 Å². The number of aliphatic carboxylic acids is 1. The number of aryl methyl sites for hydroxylation is 1. The number of hydrogen-bond acceptors (Lipinski definition) is 6. The Bertz CT molecular complexity index is 1260. The van der Waals surface area contributed by atoms with E-state index in [0.29, 0.717) is 35.2 Å². The molecule has 35 heavy (non-hydrogen) atoms. The molecule has 2 aromatic carbocycles. The molecule has 3 aromatic rings. The van der Waals surface area contributed by atoms with Gasteiger partial charge in [-0.25, -0.2) is 9.78 Å². The first kappa shape index (κ1) is 23.0. The monoisotopic (exact) mass is 491 g/mol. The minimum absolute atomic E-state index is 0.0388. The van der Waals surface area contributed by atoms with Crippen LogP contribution in [0.15, 0.2) is 48.5 Å². The van der Waals surface area contributed by atoms with Gasteiger partial charge in [-0.3, -0.25) is 14.9 Å². The number of carboxylic acids is 1. The minimum atomic E-state index is -0.854. The lowest BCUT2D eigenvalue weighted by Crippen LogP contribution is -2.28. The van der Waals surface area contributed by atoms with Gasteiger partial charge in [0.1, 0.15) is 11.5 Å². The maximum atomic E-state index is 12.9. The fraction of sp³-hybridized carbons (Fsp3) is 0.308. The van der Waals surface area contributed by atoms with E-state index in [0.717, 1.165) is 33.6 Å². The molecule has 0 saturated carbocycles. The lowest BCUT2D eigenvalue weighted by atomic mass is 9.98. The van der Waals surface area contributed by atoms with E-state index in [1.54, 1.807) is 11.8 Å². The van der Waals surface area contributed by atoms with E-state index in [1.807, 2.05) is 24.3 Å². The Kier molecular flexibility index (Phi) is 6.25. The van der Waals surface area contributed by atoms with E-state index < -0.39 is 12.1 Å². The van der Waals surface area contributed by atoms with Crippen LogP contribution >= 0.6 is 11.3 Å². The van der Waals surface area contributed by atoms with Crippen molar-refractivity contribution in [3.05, 3.63) is 70.2 Å². The molecule has 1 aliphatic heterocycles. The van der Waals surface area contributed by atoms with Crippen molar-refractivity contribution < 1.29 is 24.2 Å². The average Bonchev–Trinajstić information content (AvgIpc) is 3.53. The fourth-order valence-corrected chi connectivity index (χ4v) is 5.86. The van der Waals surface area contributed by atoms with Gasteiger partial charge in [0.05, 0.1) is 5.69 Å². The molecule has 0 spiro atoms. The topological polar surface area (TPSA) is 109 Å². The summed E-state index contributed by atoms with van der Waals surface area (Å²) in [6.07, 6.45) is 0.100. The van der Waals surface area contributed by atoms with Crippen LogP contribution in [0.1, 0.15) is 45.3 Å². The molecule has 5 rings (SSSR count). The van der Waals surface area contributed by atoms with Crippen LogP contribution in [0.4, 0.5) is 9.93 Å². The number of nitrogens with zero attached hydrogens (tertiary/aromatic N) is 2. The van der Waals surface area contributed by atoms with E-state index in [4.69, 9.17) is 9.84 Å². The second-order valence-electron chi connectivity index (χ2n) is 8.89. The quantitative estimate of drug-likeness (QED) is 0.515. The highest BCUT2D eigenvalue weighted by molar-refractivity contribution is 7.17. The number of rotatable bonds is 6. The first-order valence-electron chi connectivity index (χ1n) is 11.5. The van der Waals surface area contributed by atoms with E-state index in [1.165, 1.54) is 0 Å². The van der Waals surface area contributed by atoms with Crippen molar-refractivity contribution in [2.45, 2.75) is 25.7 Å². The summed E-state index contributed by atoms with van der Waals surface area (Å²) in [5.74, 6) is -1.12. The average molecular weight is 492 g/mol. The second-order valence-corrected chi connectivity index (χ2v) is 9.89. The highest BCUT2D eigenvalue weighted by Crippen LogP contribution is 2.44. The molecule has 8 nitrogen and oxygen atoms in total. The standard InChI is InChI=1S/C26H25N3O5S/c1-15-23(24(32)29-11-10-16(13-29)12-22(30)31)35-25(27-15)28-26(33)34-14-21-19-8-4-2-6-17(19)18-7-3-5-9-20(18)21/h2-9,16,21H,10-14H2,1H3,(H,30,31)(H,27,28,33). The molecule has 2 heterocycles. The van der Waals surface area contributed by atoms with E-state index in [-0.39, 0.29) is 30.8 Å². The van der Waals surface area contributed by atoms with Crippen LogP contribution in [-0.2, 0) is 9.53 Å². The number of thiazole rings is 1. The Morgan fingerprint density at radius 1 is 1.11 bits per heavy atom. The summed E-state index contributed by atoms with van der Waals surface area (Å²) in [6.45, 7) is 2.84. The highest BCUT2D eigenvalue weighted by Gasteiger charge is 2.31. The molecule has 1 fully saturated rings. The van der Waals surface area contributed by atoms with Gasteiger partial charge in [-0.15, -0.1) is 0 Å². The summed E-state index contributed by atoms with van der Waals surface area (Å²) in [5, 5.41) is 11.9. The smallest absolute Gasteiger partial charge is 0.413 e. The SMILES string of the molecule is Cc1nc(NC(=O)OCC2c3ccccc3-c3ccccc32)sc1C(=O)N1CCC(CC(=O)O)C1. The van der Waals surface area contributed by atoms with E-state index in [2.05, 4.69) is 34.6 Å². The summed E-state index contributed by atoms with van der Waals surface area (Å²) in [5.41, 5.74) is 5.10. The number of carbonyl (C=O) groups is 3. The zero-order chi connectivity index (χ0) is 24.5. The number of aromatic nitrogens is 1. The Morgan fingerprint density at radius 2 is 1.77 bits per heavy atom. The number of carboxylic acid groups (broad SMARTS) is 1. The predicted octanol–water partition coefficient (Wildman–Crippen LogP) is 4.75. The van der Waals surface area contributed by atoms with Crippen LogP contribution in [0.3, 0.4) is 0 Å². The summed E-state index contributed by atoms with van der Waals surface area (Å²) in [7, 11) is 0. The molecule has 1 atom stereocenters. The minimum Gasteiger partial charge on any atom is -0.481 e. The van der Waals surface area contributed by atoms with Gasteiger partial charge in [0, 0.05) is 25.4 Å². The first-order valence-corrected chi connectivity index (χ1v) is 12.3.